The molecule has 19 heavy (non-hydrogen) atoms. The van der Waals surface area contributed by atoms with Gasteiger partial charge in [0.15, 0.2) is 0 Å². The summed E-state index contributed by atoms with van der Waals surface area (Å²) in [6.45, 7) is 0.791. The summed E-state index contributed by atoms with van der Waals surface area (Å²) < 4.78 is 0. The Bertz CT molecular complexity index is 521. The van der Waals surface area contributed by atoms with E-state index in [1.165, 1.54) is 35.4 Å². The number of hydrogen-bond donors (Lipinski definition) is 2. The van der Waals surface area contributed by atoms with E-state index in [9.17, 15) is 0 Å². The summed E-state index contributed by atoms with van der Waals surface area (Å²) in [5.74, 6) is 0.622. The maximum atomic E-state index is 5.87. The van der Waals surface area contributed by atoms with Crippen LogP contribution in [0.3, 0.4) is 0 Å². The molecule has 1 saturated carbocycles. The summed E-state index contributed by atoms with van der Waals surface area (Å²) in [7, 11) is 0. The lowest BCUT2D eigenvalue weighted by atomic mass is 10.0. The molecule has 0 radical (unpaired) electrons. The average molecular weight is 272 g/mol. The number of nitrogens with two attached hydrogens (primary N) is 1. The van der Waals surface area contributed by atoms with Crippen LogP contribution in [0.2, 0.25) is 0 Å². The molecule has 0 spiro atoms. The maximum absolute atomic E-state index is 5.87. The van der Waals surface area contributed by atoms with E-state index >= 15 is 0 Å². The minimum absolute atomic E-state index is 0.533. The molecule has 3 rings (SSSR count). The van der Waals surface area contributed by atoms with E-state index in [1.54, 1.807) is 11.3 Å². The van der Waals surface area contributed by atoms with Gasteiger partial charge in [0.25, 0.3) is 0 Å². The largest absolute Gasteiger partial charge is 0.381 e. The van der Waals surface area contributed by atoms with E-state index in [2.05, 4.69) is 47.1 Å². The van der Waals surface area contributed by atoms with Gasteiger partial charge in [-0.15, -0.1) is 11.3 Å². The molecular weight excluding hydrogens is 252 g/mol. The van der Waals surface area contributed by atoms with Gasteiger partial charge < -0.3 is 11.1 Å². The van der Waals surface area contributed by atoms with Crippen LogP contribution >= 0.6 is 11.3 Å². The van der Waals surface area contributed by atoms with Crippen molar-refractivity contribution in [3.8, 4) is 10.4 Å². The van der Waals surface area contributed by atoms with Crippen molar-refractivity contribution < 1.29 is 0 Å². The molecule has 0 aliphatic heterocycles. The van der Waals surface area contributed by atoms with Crippen LogP contribution < -0.4 is 11.1 Å². The van der Waals surface area contributed by atoms with Gasteiger partial charge in [-0.1, -0.05) is 30.7 Å². The molecule has 1 heterocycles. The summed E-state index contributed by atoms with van der Waals surface area (Å²) in [5, 5.41) is 5.85. The number of anilines is 1. The Labute approximate surface area is 118 Å². The van der Waals surface area contributed by atoms with E-state index in [1.807, 2.05) is 0 Å². The third-order valence-corrected chi connectivity index (χ3v) is 4.92. The van der Waals surface area contributed by atoms with Crippen molar-refractivity contribution in [1.29, 1.82) is 0 Å². The second kappa shape index (κ2) is 5.76. The van der Waals surface area contributed by atoms with Crippen LogP contribution in [-0.2, 0) is 0 Å². The van der Waals surface area contributed by atoms with Crippen molar-refractivity contribution in [2.75, 3.05) is 11.9 Å². The summed E-state index contributed by atoms with van der Waals surface area (Å²) in [6, 6.07) is 13.4. The minimum Gasteiger partial charge on any atom is -0.381 e. The van der Waals surface area contributed by atoms with Crippen LogP contribution in [0.25, 0.3) is 10.4 Å². The Kier molecular flexibility index (Phi) is 3.85. The Morgan fingerprint density at radius 1 is 1.16 bits per heavy atom. The van der Waals surface area contributed by atoms with Gasteiger partial charge in [0.2, 0.25) is 0 Å². The number of rotatable bonds is 4. The van der Waals surface area contributed by atoms with Crippen molar-refractivity contribution in [2.45, 2.75) is 25.3 Å². The number of para-hydroxylation sites is 1. The maximum Gasteiger partial charge on any atom is 0.0430 e. The minimum atomic E-state index is 0.533. The molecule has 100 valence electrons. The number of thiophene rings is 1. The molecule has 1 aromatic carbocycles. The third-order valence-electron chi connectivity index (χ3n) is 4.02. The lowest BCUT2D eigenvalue weighted by molar-refractivity contribution is 0.517. The van der Waals surface area contributed by atoms with Gasteiger partial charge in [0.1, 0.15) is 0 Å². The first-order chi connectivity index (χ1) is 9.38. The molecule has 1 aliphatic carbocycles. The third kappa shape index (κ3) is 2.67. The Morgan fingerprint density at radius 3 is 2.84 bits per heavy atom. The van der Waals surface area contributed by atoms with E-state index < -0.39 is 0 Å². The van der Waals surface area contributed by atoms with Crippen LogP contribution in [0.15, 0.2) is 41.8 Å². The van der Waals surface area contributed by atoms with Crippen molar-refractivity contribution >= 4 is 17.0 Å². The van der Waals surface area contributed by atoms with Crippen molar-refractivity contribution in [3.05, 3.63) is 41.8 Å². The topological polar surface area (TPSA) is 38.0 Å². The van der Waals surface area contributed by atoms with Gasteiger partial charge in [-0.25, -0.2) is 0 Å². The highest BCUT2D eigenvalue weighted by Crippen LogP contribution is 2.34. The Morgan fingerprint density at radius 2 is 2.05 bits per heavy atom. The van der Waals surface area contributed by atoms with Crippen LogP contribution in [0.5, 0.6) is 0 Å². The van der Waals surface area contributed by atoms with Gasteiger partial charge in [0, 0.05) is 22.2 Å². The highest BCUT2D eigenvalue weighted by molar-refractivity contribution is 7.13. The predicted octanol–water partition coefficient (Wildman–Crippen LogP) is 3.95. The van der Waals surface area contributed by atoms with E-state index in [-0.39, 0.29) is 0 Å². The fourth-order valence-corrected chi connectivity index (χ4v) is 3.73. The molecule has 1 fully saturated rings. The number of nitrogens with one attached hydrogen (secondary N) is 1. The number of hydrogen-bond acceptors (Lipinski definition) is 3. The molecule has 0 amide bonds. The highest BCUT2D eigenvalue weighted by atomic mass is 32.1. The van der Waals surface area contributed by atoms with E-state index in [0.717, 1.165) is 6.54 Å². The molecule has 1 aliphatic rings. The lowest BCUT2D eigenvalue weighted by Crippen LogP contribution is -2.29. The first-order valence-electron chi connectivity index (χ1n) is 6.98. The predicted molar refractivity (Wildman–Crippen MR) is 83.6 cm³/mol. The standard InChI is InChI=1S/C16H20N2S/c17-11-12-5-3-8-14(12)18-15-7-2-1-6-13(15)16-9-4-10-19-16/h1-2,4,6-7,9-10,12,14,18H,3,5,8,11,17H2. The average Bonchev–Trinajstić information content (AvgIpc) is 3.10. The van der Waals surface area contributed by atoms with Crippen LogP contribution in [0.1, 0.15) is 19.3 Å². The molecule has 2 atom stereocenters. The first-order valence-corrected chi connectivity index (χ1v) is 7.86. The van der Waals surface area contributed by atoms with E-state index in [0.29, 0.717) is 12.0 Å². The van der Waals surface area contributed by atoms with Gasteiger partial charge >= 0.3 is 0 Å². The summed E-state index contributed by atoms with van der Waals surface area (Å²) >= 11 is 1.79. The van der Waals surface area contributed by atoms with Crippen LogP contribution in [0, 0.1) is 5.92 Å². The molecule has 2 nitrogen and oxygen atoms in total. The normalized spacial score (nSPS) is 22.6. The van der Waals surface area contributed by atoms with Gasteiger partial charge in [-0.05, 0) is 42.8 Å². The van der Waals surface area contributed by atoms with E-state index in [4.69, 9.17) is 5.73 Å². The molecule has 3 N–H and O–H groups in total. The molecule has 0 saturated heterocycles. The van der Waals surface area contributed by atoms with Crippen LogP contribution in [0.4, 0.5) is 5.69 Å². The summed E-state index contributed by atoms with van der Waals surface area (Å²) in [5.41, 5.74) is 8.42. The molecule has 2 unspecified atom stereocenters. The van der Waals surface area contributed by atoms with Gasteiger partial charge in [0.05, 0.1) is 0 Å². The zero-order valence-corrected chi connectivity index (χ0v) is 11.8. The number of benzene rings is 1. The Balaban J connectivity index is 1.85. The zero-order chi connectivity index (χ0) is 13.1. The SMILES string of the molecule is NCC1CCCC1Nc1ccccc1-c1cccs1. The van der Waals surface area contributed by atoms with Gasteiger partial charge in [-0.2, -0.15) is 0 Å². The molecular formula is C16H20N2S. The lowest BCUT2D eigenvalue weighted by Gasteiger charge is -2.22. The second-order valence-electron chi connectivity index (χ2n) is 5.20. The van der Waals surface area contributed by atoms with Crippen molar-refractivity contribution in [1.82, 2.24) is 0 Å². The van der Waals surface area contributed by atoms with Crippen LogP contribution in [-0.4, -0.2) is 12.6 Å². The summed E-state index contributed by atoms with van der Waals surface area (Å²) in [6.07, 6.45) is 3.79. The quantitative estimate of drug-likeness (QED) is 0.884. The second-order valence-corrected chi connectivity index (χ2v) is 6.15. The molecule has 1 aromatic heterocycles. The zero-order valence-electron chi connectivity index (χ0n) is 11.0. The fraction of sp³-hybridized carbons (Fsp3) is 0.375. The molecule has 0 bridgehead atoms. The highest BCUT2D eigenvalue weighted by Gasteiger charge is 2.26. The molecule has 3 heteroatoms. The monoisotopic (exact) mass is 272 g/mol. The Hall–Kier alpha value is -1.32. The fourth-order valence-electron chi connectivity index (χ4n) is 2.96. The van der Waals surface area contributed by atoms with Crippen molar-refractivity contribution in [2.24, 2.45) is 11.7 Å². The van der Waals surface area contributed by atoms with Gasteiger partial charge in [-0.3, -0.25) is 0 Å². The van der Waals surface area contributed by atoms with Crippen molar-refractivity contribution in [3.63, 3.8) is 0 Å². The summed E-state index contributed by atoms with van der Waals surface area (Å²) in [4.78, 5) is 1.32. The first kappa shape index (κ1) is 12.7. The molecule has 2 aromatic rings. The smallest absolute Gasteiger partial charge is 0.0430 e.